The molecule has 0 saturated carbocycles. The zero-order valence-electron chi connectivity index (χ0n) is 11.3. The van der Waals surface area contributed by atoms with Gasteiger partial charge < -0.3 is 15.2 Å². The fourth-order valence-electron chi connectivity index (χ4n) is 3.19. The highest BCUT2D eigenvalue weighted by molar-refractivity contribution is 5.19. The van der Waals surface area contributed by atoms with Gasteiger partial charge in [0.25, 0.3) is 0 Å². The Balaban J connectivity index is 1.76. The van der Waals surface area contributed by atoms with Crippen molar-refractivity contribution in [1.82, 2.24) is 4.90 Å². The summed E-state index contributed by atoms with van der Waals surface area (Å²) in [5, 5.41) is 0. The molecule has 0 amide bonds. The maximum absolute atomic E-state index is 6.00. The Labute approximate surface area is 114 Å². The number of likely N-dealkylation sites (tertiary alicyclic amines) is 1. The number of nitrogens with two attached hydrogens (primary N) is 1. The molecule has 2 N–H and O–H groups in total. The number of hydrogen-bond acceptors (Lipinski definition) is 4. The number of nitrogens with zero attached hydrogens (tertiary/aromatic N) is 1. The molecular formula is C15H22N2O2. The molecule has 0 radical (unpaired) electrons. The van der Waals surface area contributed by atoms with E-state index in [4.69, 9.17) is 15.2 Å². The fraction of sp³-hybridized carbons (Fsp3) is 0.600. The first-order chi connectivity index (χ1) is 9.33. The van der Waals surface area contributed by atoms with Crippen molar-refractivity contribution in [1.29, 1.82) is 0 Å². The van der Waals surface area contributed by atoms with E-state index in [1.165, 1.54) is 5.56 Å². The largest absolute Gasteiger partial charge is 0.346 e. The highest BCUT2D eigenvalue weighted by Crippen LogP contribution is 2.33. The molecule has 2 aliphatic rings. The molecular weight excluding hydrogens is 240 g/mol. The molecule has 2 saturated heterocycles. The summed E-state index contributed by atoms with van der Waals surface area (Å²) in [7, 11) is 0. The molecule has 104 valence electrons. The van der Waals surface area contributed by atoms with E-state index in [-0.39, 0.29) is 11.8 Å². The van der Waals surface area contributed by atoms with Crippen LogP contribution in [-0.4, -0.2) is 43.5 Å². The fourth-order valence-corrected chi connectivity index (χ4v) is 3.19. The van der Waals surface area contributed by atoms with Crippen molar-refractivity contribution < 1.29 is 9.47 Å². The highest BCUT2D eigenvalue weighted by atomic mass is 16.7. The van der Waals surface area contributed by atoms with Gasteiger partial charge in [0.2, 0.25) is 0 Å². The van der Waals surface area contributed by atoms with Gasteiger partial charge >= 0.3 is 0 Å². The molecule has 19 heavy (non-hydrogen) atoms. The third kappa shape index (κ3) is 2.67. The maximum atomic E-state index is 6.00. The Hall–Kier alpha value is -0.940. The van der Waals surface area contributed by atoms with Crippen molar-refractivity contribution in [3.8, 4) is 0 Å². The summed E-state index contributed by atoms with van der Waals surface area (Å²) in [4.78, 5) is 2.41. The van der Waals surface area contributed by atoms with E-state index >= 15 is 0 Å². The van der Waals surface area contributed by atoms with Crippen LogP contribution in [0.4, 0.5) is 0 Å². The lowest BCUT2D eigenvalue weighted by atomic mass is 9.98. The SMILES string of the molecule is NCC(c1ccccc1)N1CCCC2(C1)OCCO2. The van der Waals surface area contributed by atoms with Gasteiger partial charge in [0.15, 0.2) is 5.79 Å². The first-order valence-electron chi connectivity index (χ1n) is 7.10. The summed E-state index contributed by atoms with van der Waals surface area (Å²) >= 11 is 0. The summed E-state index contributed by atoms with van der Waals surface area (Å²) in [5.74, 6) is -0.375. The van der Waals surface area contributed by atoms with Gasteiger partial charge in [-0.15, -0.1) is 0 Å². The Morgan fingerprint density at radius 1 is 1.21 bits per heavy atom. The quantitative estimate of drug-likeness (QED) is 0.897. The van der Waals surface area contributed by atoms with Crippen LogP contribution >= 0.6 is 0 Å². The predicted molar refractivity (Wildman–Crippen MR) is 73.7 cm³/mol. The van der Waals surface area contributed by atoms with Crippen molar-refractivity contribution in [2.45, 2.75) is 24.7 Å². The van der Waals surface area contributed by atoms with E-state index < -0.39 is 0 Å². The van der Waals surface area contributed by atoms with Gasteiger partial charge in [-0.1, -0.05) is 30.3 Å². The molecule has 0 aliphatic carbocycles. The molecule has 2 fully saturated rings. The molecule has 3 rings (SSSR count). The van der Waals surface area contributed by atoms with E-state index in [1.807, 2.05) is 6.07 Å². The smallest absolute Gasteiger partial charge is 0.181 e. The number of piperidine rings is 1. The van der Waals surface area contributed by atoms with Gasteiger partial charge in [-0.05, 0) is 18.5 Å². The molecule has 1 unspecified atom stereocenters. The Morgan fingerprint density at radius 2 is 1.95 bits per heavy atom. The van der Waals surface area contributed by atoms with Crippen LogP contribution in [-0.2, 0) is 9.47 Å². The number of hydrogen-bond donors (Lipinski definition) is 1. The van der Waals surface area contributed by atoms with Crippen LogP contribution in [0.2, 0.25) is 0 Å². The van der Waals surface area contributed by atoms with E-state index in [9.17, 15) is 0 Å². The van der Waals surface area contributed by atoms with Crippen molar-refractivity contribution >= 4 is 0 Å². The van der Waals surface area contributed by atoms with Crippen LogP contribution in [0.15, 0.2) is 30.3 Å². The van der Waals surface area contributed by atoms with Crippen LogP contribution in [0.5, 0.6) is 0 Å². The molecule has 2 aliphatic heterocycles. The third-order valence-electron chi connectivity index (χ3n) is 4.11. The molecule has 1 spiro atoms. The summed E-state index contributed by atoms with van der Waals surface area (Å²) in [6.45, 7) is 3.94. The molecule has 2 heterocycles. The van der Waals surface area contributed by atoms with Gasteiger partial charge in [0, 0.05) is 19.0 Å². The van der Waals surface area contributed by atoms with Gasteiger partial charge in [0.05, 0.1) is 19.8 Å². The van der Waals surface area contributed by atoms with Crippen LogP contribution < -0.4 is 5.73 Å². The Bertz CT molecular complexity index is 404. The lowest BCUT2D eigenvalue weighted by Crippen LogP contribution is -2.51. The van der Waals surface area contributed by atoms with E-state index in [1.54, 1.807) is 0 Å². The first-order valence-corrected chi connectivity index (χ1v) is 7.10. The number of rotatable bonds is 3. The molecule has 0 aromatic heterocycles. The minimum absolute atomic E-state index is 0.256. The average molecular weight is 262 g/mol. The monoisotopic (exact) mass is 262 g/mol. The van der Waals surface area contributed by atoms with Crippen molar-refractivity contribution in [3.63, 3.8) is 0 Å². The molecule has 0 bridgehead atoms. The minimum atomic E-state index is -0.375. The average Bonchev–Trinajstić information content (AvgIpc) is 2.89. The normalized spacial score (nSPS) is 24.7. The van der Waals surface area contributed by atoms with E-state index in [2.05, 4.69) is 29.2 Å². The third-order valence-corrected chi connectivity index (χ3v) is 4.11. The second-order valence-electron chi connectivity index (χ2n) is 5.34. The predicted octanol–water partition coefficient (Wildman–Crippen LogP) is 1.53. The summed E-state index contributed by atoms with van der Waals surface area (Å²) in [5.41, 5.74) is 7.28. The summed E-state index contributed by atoms with van der Waals surface area (Å²) < 4.78 is 11.7. The van der Waals surface area contributed by atoms with Crippen LogP contribution in [0.1, 0.15) is 24.4 Å². The van der Waals surface area contributed by atoms with Crippen molar-refractivity contribution in [3.05, 3.63) is 35.9 Å². The summed E-state index contributed by atoms with van der Waals surface area (Å²) in [6, 6.07) is 10.7. The lowest BCUT2D eigenvalue weighted by Gasteiger charge is -2.42. The van der Waals surface area contributed by atoms with Gasteiger partial charge in [-0.25, -0.2) is 0 Å². The van der Waals surface area contributed by atoms with E-state index in [0.717, 1.165) is 25.9 Å². The van der Waals surface area contributed by atoms with E-state index in [0.29, 0.717) is 19.8 Å². The van der Waals surface area contributed by atoms with Gasteiger partial charge in [-0.2, -0.15) is 0 Å². The zero-order valence-corrected chi connectivity index (χ0v) is 11.3. The van der Waals surface area contributed by atoms with Crippen LogP contribution in [0, 0.1) is 0 Å². The molecule has 4 nitrogen and oxygen atoms in total. The van der Waals surface area contributed by atoms with Crippen LogP contribution in [0.25, 0.3) is 0 Å². The standard InChI is InChI=1S/C15H22N2O2/c16-11-14(13-5-2-1-3-6-13)17-8-4-7-15(12-17)18-9-10-19-15/h1-3,5-6,14H,4,7-12,16H2. The van der Waals surface area contributed by atoms with Crippen molar-refractivity contribution in [2.24, 2.45) is 5.73 Å². The number of benzene rings is 1. The molecule has 1 aromatic carbocycles. The van der Waals surface area contributed by atoms with Crippen molar-refractivity contribution in [2.75, 3.05) is 32.8 Å². The second-order valence-corrected chi connectivity index (χ2v) is 5.34. The number of ether oxygens (including phenoxy) is 2. The maximum Gasteiger partial charge on any atom is 0.181 e. The Kier molecular flexibility index (Phi) is 3.84. The summed E-state index contributed by atoms with van der Waals surface area (Å²) in [6.07, 6.45) is 2.10. The topological polar surface area (TPSA) is 47.7 Å². The zero-order chi connectivity index (χ0) is 13.1. The first kappa shape index (κ1) is 13.1. The van der Waals surface area contributed by atoms with Gasteiger partial charge in [0.1, 0.15) is 0 Å². The molecule has 4 heteroatoms. The molecule has 1 aromatic rings. The highest BCUT2D eigenvalue weighted by Gasteiger charge is 2.42. The van der Waals surface area contributed by atoms with Crippen LogP contribution in [0.3, 0.4) is 0 Å². The van der Waals surface area contributed by atoms with Gasteiger partial charge in [-0.3, -0.25) is 4.90 Å². The lowest BCUT2D eigenvalue weighted by molar-refractivity contribution is -0.193. The molecule has 1 atom stereocenters. The Morgan fingerprint density at radius 3 is 2.63 bits per heavy atom. The minimum Gasteiger partial charge on any atom is -0.346 e. The second kappa shape index (κ2) is 5.59.